The average molecular weight is 281 g/mol. The van der Waals surface area contributed by atoms with Gasteiger partial charge in [-0.25, -0.2) is 0 Å². The maximum Gasteiger partial charge on any atom is 0.441 e. The van der Waals surface area contributed by atoms with Crippen LogP contribution >= 0.6 is 11.8 Å². The van der Waals surface area contributed by atoms with Gasteiger partial charge in [-0.2, -0.15) is 13.2 Å². The van der Waals surface area contributed by atoms with E-state index in [1.165, 1.54) is 13.0 Å². The molecule has 0 aliphatic carbocycles. The highest BCUT2D eigenvalue weighted by Gasteiger charge is 2.27. The van der Waals surface area contributed by atoms with Crippen molar-refractivity contribution in [1.29, 1.82) is 0 Å². The molecular formula is C10H10F3NO3S. The van der Waals surface area contributed by atoms with E-state index in [1.807, 2.05) is 0 Å². The van der Waals surface area contributed by atoms with Crippen LogP contribution in [0.4, 0.5) is 13.2 Å². The van der Waals surface area contributed by atoms with Crippen molar-refractivity contribution in [3.8, 4) is 0 Å². The first-order valence-electron chi connectivity index (χ1n) is 4.88. The largest absolute Gasteiger partial charge is 0.456 e. The summed E-state index contributed by atoms with van der Waals surface area (Å²) >= 11 is -0.230. The number of amides is 1. The second kappa shape index (κ2) is 5.94. The highest BCUT2D eigenvalue weighted by atomic mass is 32.2. The standard InChI is InChI=1S/C10H10F3NO3S/c1-6-4-7(15)5-8(17-6)9(16)14-2-3-18-10(11,12)13/h4-5H,2-3H2,1H3,(H,14,16). The van der Waals surface area contributed by atoms with Crippen LogP contribution in [0.25, 0.3) is 0 Å². The molecule has 0 fully saturated rings. The Labute approximate surface area is 105 Å². The van der Waals surface area contributed by atoms with Crippen LogP contribution in [0, 0.1) is 6.92 Å². The van der Waals surface area contributed by atoms with Crippen LogP contribution in [0.3, 0.4) is 0 Å². The zero-order valence-corrected chi connectivity index (χ0v) is 10.2. The maximum atomic E-state index is 11.8. The maximum absolute atomic E-state index is 11.8. The lowest BCUT2D eigenvalue weighted by molar-refractivity contribution is -0.0327. The average Bonchev–Trinajstić information content (AvgIpc) is 2.21. The molecule has 0 spiro atoms. The van der Waals surface area contributed by atoms with Gasteiger partial charge in [0.15, 0.2) is 11.2 Å². The zero-order valence-electron chi connectivity index (χ0n) is 9.34. The van der Waals surface area contributed by atoms with Crippen LogP contribution in [-0.2, 0) is 0 Å². The van der Waals surface area contributed by atoms with E-state index in [4.69, 9.17) is 4.42 Å². The molecule has 100 valence electrons. The summed E-state index contributed by atoms with van der Waals surface area (Å²) in [5, 5.41) is 2.23. The summed E-state index contributed by atoms with van der Waals surface area (Å²) in [6.45, 7) is 1.33. The van der Waals surface area contributed by atoms with Gasteiger partial charge in [-0.1, -0.05) is 0 Å². The van der Waals surface area contributed by atoms with Gasteiger partial charge in [-0.05, 0) is 18.7 Å². The number of carbonyl (C=O) groups is 1. The van der Waals surface area contributed by atoms with Crippen LogP contribution in [0.5, 0.6) is 0 Å². The van der Waals surface area contributed by atoms with Crippen molar-refractivity contribution in [2.75, 3.05) is 12.3 Å². The van der Waals surface area contributed by atoms with Crippen molar-refractivity contribution in [3.05, 3.63) is 33.9 Å². The number of hydrogen-bond acceptors (Lipinski definition) is 4. The lowest BCUT2D eigenvalue weighted by Gasteiger charge is -2.06. The first-order chi connectivity index (χ1) is 8.28. The van der Waals surface area contributed by atoms with Gasteiger partial charge in [0.25, 0.3) is 5.91 Å². The van der Waals surface area contributed by atoms with E-state index in [1.54, 1.807) is 0 Å². The van der Waals surface area contributed by atoms with Crippen LogP contribution < -0.4 is 10.7 Å². The highest BCUT2D eigenvalue weighted by molar-refractivity contribution is 8.00. The lowest BCUT2D eigenvalue weighted by Crippen LogP contribution is -2.27. The molecule has 0 saturated heterocycles. The SMILES string of the molecule is Cc1cc(=O)cc(C(=O)NCCSC(F)(F)F)o1. The predicted octanol–water partition coefficient (Wildman–Crippen LogP) is 1.93. The number of thioether (sulfide) groups is 1. The van der Waals surface area contributed by atoms with Crippen LogP contribution in [0.15, 0.2) is 21.3 Å². The topological polar surface area (TPSA) is 59.3 Å². The summed E-state index contributed by atoms with van der Waals surface area (Å²) in [6, 6.07) is 2.19. The molecule has 1 amide bonds. The van der Waals surface area contributed by atoms with Crippen molar-refractivity contribution in [2.24, 2.45) is 0 Å². The zero-order chi connectivity index (χ0) is 13.8. The molecule has 1 aromatic heterocycles. The molecule has 0 aromatic carbocycles. The number of halogens is 3. The molecule has 1 N–H and O–H groups in total. The molecule has 0 saturated carbocycles. The van der Waals surface area contributed by atoms with Gasteiger partial charge < -0.3 is 9.73 Å². The predicted molar refractivity (Wildman–Crippen MR) is 60.6 cm³/mol. The number of aryl methyl sites for hydroxylation is 1. The van der Waals surface area contributed by atoms with Crippen molar-refractivity contribution < 1.29 is 22.4 Å². The van der Waals surface area contributed by atoms with E-state index >= 15 is 0 Å². The Morgan fingerprint density at radius 2 is 2.11 bits per heavy atom. The van der Waals surface area contributed by atoms with Gasteiger partial charge in [0.2, 0.25) is 0 Å². The molecule has 0 radical (unpaired) electrons. The van der Waals surface area contributed by atoms with Gasteiger partial charge in [-0.15, -0.1) is 0 Å². The summed E-state index contributed by atoms with van der Waals surface area (Å²) in [5.74, 6) is -0.960. The van der Waals surface area contributed by atoms with Crippen LogP contribution in [0.2, 0.25) is 0 Å². The third-order valence-electron chi connectivity index (χ3n) is 1.77. The summed E-state index contributed by atoms with van der Waals surface area (Å²) in [4.78, 5) is 22.5. The Kier molecular flexibility index (Phi) is 4.83. The fourth-order valence-corrected chi connectivity index (χ4v) is 1.57. The molecule has 1 aromatic rings. The quantitative estimate of drug-likeness (QED) is 0.857. The first-order valence-corrected chi connectivity index (χ1v) is 5.87. The van der Waals surface area contributed by atoms with E-state index < -0.39 is 16.8 Å². The molecular weight excluding hydrogens is 271 g/mol. The van der Waals surface area contributed by atoms with Crippen molar-refractivity contribution in [2.45, 2.75) is 12.4 Å². The lowest BCUT2D eigenvalue weighted by atomic mass is 10.3. The Hall–Kier alpha value is -1.44. The van der Waals surface area contributed by atoms with Crippen molar-refractivity contribution in [3.63, 3.8) is 0 Å². The third-order valence-corrected chi connectivity index (χ3v) is 2.50. The van der Waals surface area contributed by atoms with E-state index in [0.29, 0.717) is 0 Å². The molecule has 0 aliphatic heterocycles. The van der Waals surface area contributed by atoms with Crippen LogP contribution in [0.1, 0.15) is 16.3 Å². The normalized spacial score (nSPS) is 11.3. The minimum Gasteiger partial charge on any atom is -0.456 e. The summed E-state index contributed by atoms with van der Waals surface area (Å²) in [6.07, 6.45) is 0. The summed E-state index contributed by atoms with van der Waals surface area (Å²) < 4.78 is 40.4. The first kappa shape index (κ1) is 14.6. The van der Waals surface area contributed by atoms with Gasteiger partial charge >= 0.3 is 5.51 Å². The molecule has 0 unspecified atom stereocenters. The van der Waals surface area contributed by atoms with Gasteiger partial charge in [0, 0.05) is 24.4 Å². The monoisotopic (exact) mass is 281 g/mol. The Morgan fingerprint density at radius 3 is 2.67 bits per heavy atom. The van der Waals surface area contributed by atoms with E-state index in [-0.39, 0.29) is 35.6 Å². The smallest absolute Gasteiger partial charge is 0.441 e. The molecule has 8 heteroatoms. The van der Waals surface area contributed by atoms with Gasteiger partial charge in [-0.3, -0.25) is 9.59 Å². The summed E-state index contributed by atoms with van der Waals surface area (Å²) in [7, 11) is 0. The molecule has 18 heavy (non-hydrogen) atoms. The Balaban J connectivity index is 2.48. The summed E-state index contributed by atoms with van der Waals surface area (Å²) in [5.41, 5.74) is -4.71. The molecule has 0 atom stereocenters. The fraction of sp³-hybridized carbons (Fsp3) is 0.400. The van der Waals surface area contributed by atoms with Gasteiger partial charge in [0.05, 0.1) is 0 Å². The molecule has 4 nitrogen and oxygen atoms in total. The van der Waals surface area contributed by atoms with Gasteiger partial charge in [0.1, 0.15) is 5.76 Å². The highest BCUT2D eigenvalue weighted by Crippen LogP contribution is 2.29. The number of hydrogen-bond donors (Lipinski definition) is 1. The Bertz CT molecular complexity index is 484. The van der Waals surface area contributed by atoms with Crippen LogP contribution in [-0.4, -0.2) is 23.7 Å². The second-order valence-electron chi connectivity index (χ2n) is 3.32. The third kappa shape index (κ3) is 5.26. The molecule has 1 rings (SSSR count). The van der Waals surface area contributed by atoms with E-state index in [0.717, 1.165) is 6.07 Å². The van der Waals surface area contributed by atoms with E-state index in [9.17, 15) is 22.8 Å². The number of rotatable bonds is 4. The van der Waals surface area contributed by atoms with Crippen molar-refractivity contribution >= 4 is 17.7 Å². The van der Waals surface area contributed by atoms with Crippen molar-refractivity contribution in [1.82, 2.24) is 5.32 Å². The minimum atomic E-state index is -4.32. The number of nitrogens with one attached hydrogen (secondary N) is 1. The minimum absolute atomic E-state index is 0.166. The number of alkyl halides is 3. The Morgan fingerprint density at radius 1 is 1.44 bits per heavy atom. The molecule has 1 heterocycles. The fourth-order valence-electron chi connectivity index (χ4n) is 1.13. The number of carbonyl (C=O) groups excluding carboxylic acids is 1. The van der Waals surface area contributed by atoms with E-state index in [2.05, 4.69) is 5.32 Å². The molecule has 0 aliphatic rings. The second-order valence-corrected chi connectivity index (χ2v) is 4.48. The molecule has 0 bridgehead atoms.